The first-order chi connectivity index (χ1) is 7.72. The minimum atomic E-state index is -0.620. The standard InChI is InChI=1S/C10H19N3O3/c1-3-5-8(15-4-2)9-12-10(16-13-9)7(11)6-14/h7-8,14H,3-6,11H2,1-2H3. The van der Waals surface area contributed by atoms with Crippen molar-refractivity contribution in [3.8, 4) is 0 Å². The molecule has 1 rings (SSSR count). The summed E-state index contributed by atoms with van der Waals surface area (Å²) in [6.07, 6.45) is 1.65. The van der Waals surface area contributed by atoms with E-state index in [1.54, 1.807) is 0 Å². The first-order valence-corrected chi connectivity index (χ1v) is 5.54. The SMILES string of the molecule is CCCC(OCC)c1noc(C(N)CO)n1. The van der Waals surface area contributed by atoms with Crippen molar-refractivity contribution in [1.29, 1.82) is 0 Å². The van der Waals surface area contributed by atoms with Crippen LogP contribution < -0.4 is 5.73 Å². The van der Waals surface area contributed by atoms with Crippen molar-refractivity contribution in [3.05, 3.63) is 11.7 Å². The number of rotatable bonds is 7. The Morgan fingerprint density at radius 3 is 2.81 bits per heavy atom. The Bertz CT molecular complexity index is 297. The van der Waals surface area contributed by atoms with Gasteiger partial charge >= 0.3 is 0 Å². The van der Waals surface area contributed by atoms with Crippen LogP contribution in [0.3, 0.4) is 0 Å². The molecule has 2 unspecified atom stereocenters. The van der Waals surface area contributed by atoms with Crippen molar-refractivity contribution in [2.24, 2.45) is 5.73 Å². The summed E-state index contributed by atoms with van der Waals surface area (Å²) >= 11 is 0. The van der Waals surface area contributed by atoms with Gasteiger partial charge in [0.05, 0.1) is 6.61 Å². The molecule has 6 nitrogen and oxygen atoms in total. The second-order valence-electron chi connectivity index (χ2n) is 3.51. The fourth-order valence-corrected chi connectivity index (χ4v) is 1.36. The van der Waals surface area contributed by atoms with E-state index in [1.165, 1.54) is 0 Å². The molecule has 0 aliphatic rings. The van der Waals surface area contributed by atoms with E-state index in [1.807, 2.05) is 6.92 Å². The van der Waals surface area contributed by atoms with Crippen LogP contribution in [0, 0.1) is 0 Å². The van der Waals surface area contributed by atoms with Crippen molar-refractivity contribution < 1.29 is 14.4 Å². The molecule has 0 aliphatic carbocycles. The van der Waals surface area contributed by atoms with Crippen LogP contribution in [0.5, 0.6) is 0 Å². The van der Waals surface area contributed by atoms with Crippen molar-refractivity contribution in [1.82, 2.24) is 10.1 Å². The molecule has 0 bridgehead atoms. The van der Waals surface area contributed by atoms with Gasteiger partial charge in [-0.1, -0.05) is 18.5 Å². The number of aromatic nitrogens is 2. The van der Waals surface area contributed by atoms with Crippen LogP contribution in [-0.4, -0.2) is 28.5 Å². The Hall–Kier alpha value is -0.980. The Balaban J connectivity index is 2.72. The summed E-state index contributed by atoms with van der Waals surface area (Å²) in [6.45, 7) is 4.37. The normalized spacial score (nSPS) is 15.0. The summed E-state index contributed by atoms with van der Waals surface area (Å²) in [6, 6.07) is -0.620. The van der Waals surface area contributed by atoms with Gasteiger partial charge in [-0.3, -0.25) is 0 Å². The number of hydrogen-bond acceptors (Lipinski definition) is 6. The lowest BCUT2D eigenvalue weighted by molar-refractivity contribution is 0.0477. The van der Waals surface area contributed by atoms with Gasteiger partial charge in [-0.2, -0.15) is 4.98 Å². The molecule has 0 amide bonds. The zero-order chi connectivity index (χ0) is 12.0. The lowest BCUT2D eigenvalue weighted by atomic mass is 10.2. The van der Waals surface area contributed by atoms with Crippen LogP contribution in [0.25, 0.3) is 0 Å². The third kappa shape index (κ3) is 3.26. The molecular formula is C10H19N3O3. The Morgan fingerprint density at radius 2 is 2.25 bits per heavy atom. The maximum Gasteiger partial charge on any atom is 0.246 e. The third-order valence-corrected chi connectivity index (χ3v) is 2.18. The fraction of sp³-hybridized carbons (Fsp3) is 0.800. The molecule has 0 saturated carbocycles. The van der Waals surface area contributed by atoms with Gasteiger partial charge in [-0.15, -0.1) is 0 Å². The largest absolute Gasteiger partial charge is 0.394 e. The molecule has 92 valence electrons. The molecule has 0 aromatic carbocycles. The lowest BCUT2D eigenvalue weighted by Crippen LogP contribution is -2.15. The highest BCUT2D eigenvalue weighted by molar-refractivity contribution is 4.95. The van der Waals surface area contributed by atoms with E-state index in [9.17, 15) is 0 Å². The second kappa shape index (κ2) is 6.57. The predicted octanol–water partition coefficient (Wildman–Crippen LogP) is 0.939. The highest BCUT2D eigenvalue weighted by atomic mass is 16.5. The van der Waals surface area contributed by atoms with E-state index >= 15 is 0 Å². The number of hydrogen-bond donors (Lipinski definition) is 2. The minimum Gasteiger partial charge on any atom is -0.394 e. The van der Waals surface area contributed by atoms with E-state index in [4.69, 9.17) is 20.1 Å². The molecule has 0 fully saturated rings. The molecule has 0 aliphatic heterocycles. The van der Waals surface area contributed by atoms with Gasteiger partial charge in [0.2, 0.25) is 11.7 Å². The molecule has 1 aromatic heterocycles. The van der Waals surface area contributed by atoms with Crippen LogP contribution >= 0.6 is 0 Å². The summed E-state index contributed by atoms with van der Waals surface area (Å²) in [5.41, 5.74) is 5.57. The average molecular weight is 229 g/mol. The lowest BCUT2D eigenvalue weighted by Gasteiger charge is -2.11. The molecule has 1 aromatic rings. The monoisotopic (exact) mass is 229 g/mol. The minimum absolute atomic E-state index is 0.154. The van der Waals surface area contributed by atoms with E-state index in [-0.39, 0.29) is 18.6 Å². The zero-order valence-corrected chi connectivity index (χ0v) is 9.72. The Labute approximate surface area is 94.8 Å². The van der Waals surface area contributed by atoms with E-state index < -0.39 is 6.04 Å². The van der Waals surface area contributed by atoms with Crippen molar-refractivity contribution >= 4 is 0 Å². The summed E-state index contributed by atoms with van der Waals surface area (Å²) < 4.78 is 10.5. The summed E-state index contributed by atoms with van der Waals surface area (Å²) in [5, 5.41) is 12.7. The molecule has 0 spiro atoms. The number of ether oxygens (including phenoxy) is 1. The molecule has 1 heterocycles. The fourth-order valence-electron chi connectivity index (χ4n) is 1.36. The summed E-state index contributed by atoms with van der Waals surface area (Å²) in [7, 11) is 0. The first kappa shape index (κ1) is 13.1. The van der Waals surface area contributed by atoms with E-state index in [2.05, 4.69) is 17.1 Å². The van der Waals surface area contributed by atoms with Gasteiger partial charge in [0, 0.05) is 6.61 Å². The van der Waals surface area contributed by atoms with Crippen molar-refractivity contribution in [3.63, 3.8) is 0 Å². The van der Waals surface area contributed by atoms with Crippen molar-refractivity contribution in [2.45, 2.75) is 38.8 Å². The summed E-state index contributed by atoms with van der Waals surface area (Å²) in [4.78, 5) is 4.13. The molecule has 0 radical (unpaired) electrons. The van der Waals surface area contributed by atoms with E-state index in [0.717, 1.165) is 12.8 Å². The predicted molar refractivity (Wildman–Crippen MR) is 57.6 cm³/mol. The van der Waals surface area contributed by atoms with E-state index in [0.29, 0.717) is 12.4 Å². The topological polar surface area (TPSA) is 94.4 Å². The van der Waals surface area contributed by atoms with Gasteiger partial charge in [0.1, 0.15) is 12.1 Å². The van der Waals surface area contributed by atoms with Crippen LogP contribution in [0.1, 0.15) is 50.6 Å². The van der Waals surface area contributed by atoms with Crippen LogP contribution in [0.2, 0.25) is 0 Å². The van der Waals surface area contributed by atoms with Crippen LogP contribution in [0.15, 0.2) is 4.52 Å². The molecule has 2 atom stereocenters. The smallest absolute Gasteiger partial charge is 0.246 e. The first-order valence-electron chi connectivity index (χ1n) is 5.54. The number of aliphatic hydroxyl groups excluding tert-OH is 1. The molecule has 3 N–H and O–H groups in total. The zero-order valence-electron chi connectivity index (χ0n) is 9.72. The van der Waals surface area contributed by atoms with Gasteiger partial charge in [-0.25, -0.2) is 0 Å². The molecular weight excluding hydrogens is 210 g/mol. The highest BCUT2D eigenvalue weighted by Crippen LogP contribution is 2.21. The maximum absolute atomic E-state index is 8.86. The van der Waals surface area contributed by atoms with Gasteiger partial charge in [-0.05, 0) is 13.3 Å². The third-order valence-electron chi connectivity index (χ3n) is 2.18. The Kier molecular flexibility index (Phi) is 5.37. The highest BCUT2D eigenvalue weighted by Gasteiger charge is 2.20. The maximum atomic E-state index is 8.86. The molecule has 0 saturated heterocycles. The number of nitrogens with two attached hydrogens (primary N) is 1. The molecule has 16 heavy (non-hydrogen) atoms. The van der Waals surface area contributed by atoms with Gasteiger partial charge in [0.25, 0.3) is 0 Å². The van der Waals surface area contributed by atoms with Crippen LogP contribution in [0.4, 0.5) is 0 Å². The quantitative estimate of drug-likeness (QED) is 0.722. The van der Waals surface area contributed by atoms with Crippen LogP contribution in [-0.2, 0) is 4.74 Å². The number of nitrogens with zero attached hydrogens (tertiary/aromatic N) is 2. The molecule has 6 heteroatoms. The Morgan fingerprint density at radius 1 is 1.50 bits per heavy atom. The number of aliphatic hydroxyl groups is 1. The van der Waals surface area contributed by atoms with Gasteiger partial charge in [0.15, 0.2) is 0 Å². The second-order valence-corrected chi connectivity index (χ2v) is 3.51. The summed E-state index contributed by atoms with van der Waals surface area (Å²) in [5.74, 6) is 0.751. The van der Waals surface area contributed by atoms with Crippen molar-refractivity contribution in [2.75, 3.05) is 13.2 Å². The van der Waals surface area contributed by atoms with Gasteiger partial charge < -0.3 is 20.1 Å². The average Bonchev–Trinajstić information content (AvgIpc) is 2.77.